The van der Waals surface area contributed by atoms with E-state index in [0.717, 1.165) is 16.9 Å². The van der Waals surface area contributed by atoms with Crippen LogP contribution in [0.25, 0.3) is 0 Å². The Kier molecular flexibility index (Phi) is 5.06. The van der Waals surface area contributed by atoms with Gasteiger partial charge in [0.1, 0.15) is 12.4 Å². The van der Waals surface area contributed by atoms with E-state index in [1.807, 2.05) is 54.6 Å². The van der Waals surface area contributed by atoms with Crippen LogP contribution in [0.1, 0.15) is 11.1 Å². The summed E-state index contributed by atoms with van der Waals surface area (Å²) in [5.74, 6) is 1.17. The number of hydrogen-bond donors (Lipinski definition) is 1. The van der Waals surface area contributed by atoms with Crippen LogP contribution in [-0.4, -0.2) is 23.0 Å². The van der Waals surface area contributed by atoms with Crippen molar-refractivity contribution in [3.63, 3.8) is 0 Å². The topological polar surface area (TPSA) is 63.0 Å². The first-order chi connectivity index (χ1) is 11.3. The lowest BCUT2D eigenvalue weighted by molar-refractivity contribution is -0.116. The summed E-state index contributed by atoms with van der Waals surface area (Å²) in [6, 6.07) is 17.6. The van der Waals surface area contributed by atoms with Crippen LogP contribution in [0.15, 0.2) is 64.8 Å². The molecule has 3 rings (SSSR count). The van der Waals surface area contributed by atoms with Crippen molar-refractivity contribution in [3.8, 4) is 5.75 Å². The Hall–Kier alpha value is -2.60. The summed E-state index contributed by atoms with van der Waals surface area (Å²) in [5.41, 5.74) is 2.04. The maximum atomic E-state index is 11.0. The largest absolute Gasteiger partial charge is 0.489 e. The summed E-state index contributed by atoms with van der Waals surface area (Å²) in [4.78, 5) is 11.0. The molecule has 5 nitrogen and oxygen atoms in total. The molecule has 0 saturated carbocycles. The standard InChI is InChI=1S/C17H15N3O2S/c21-16-12-23-17(19-16)20-18-10-13-6-8-15(9-7-13)22-11-14-4-2-1-3-5-14/h1-10H,11-12H2,(H,19,20,21). The maximum Gasteiger partial charge on any atom is 0.236 e. The van der Waals surface area contributed by atoms with Crippen molar-refractivity contribution in [2.75, 3.05) is 5.75 Å². The number of carbonyl (C=O) groups excluding carboxylic acids is 1. The van der Waals surface area contributed by atoms with Gasteiger partial charge < -0.3 is 10.1 Å². The molecule has 2 aromatic carbocycles. The van der Waals surface area contributed by atoms with Gasteiger partial charge in [0.05, 0.1) is 12.0 Å². The van der Waals surface area contributed by atoms with E-state index in [-0.39, 0.29) is 5.91 Å². The zero-order valence-corrected chi connectivity index (χ0v) is 13.1. The van der Waals surface area contributed by atoms with Crippen LogP contribution < -0.4 is 10.1 Å². The molecule has 0 unspecified atom stereocenters. The number of amidine groups is 1. The molecule has 0 radical (unpaired) electrons. The SMILES string of the molecule is O=C1CS/C(=N\N=Cc2ccc(OCc3ccccc3)cc2)N1. The van der Waals surface area contributed by atoms with Crippen LogP contribution in [0.2, 0.25) is 0 Å². The Balaban J connectivity index is 1.53. The van der Waals surface area contributed by atoms with E-state index in [2.05, 4.69) is 15.5 Å². The molecule has 2 aromatic rings. The van der Waals surface area contributed by atoms with Gasteiger partial charge in [-0.25, -0.2) is 0 Å². The molecular formula is C17H15N3O2S. The van der Waals surface area contributed by atoms with Gasteiger partial charge in [0.2, 0.25) is 5.91 Å². The molecule has 1 fully saturated rings. The highest BCUT2D eigenvalue weighted by atomic mass is 32.2. The first-order valence-corrected chi connectivity index (χ1v) is 8.08. The summed E-state index contributed by atoms with van der Waals surface area (Å²) in [6.07, 6.45) is 1.64. The normalized spacial score (nSPS) is 16.0. The van der Waals surface area contributed by atoms with Crippen molar-refractivity contribution >= 4 is 29.1 Å². The predicted octanol–water partition coefficient (Wildman–Crippen LogP) is 2.82. The van der Waals surface area contributed by atoms with E-state index in [4.69, 9.17) is 4.74 Å². The number of thioether (sulfide) groups is 1. The number of amides is 1. The Morgan fingerprint density at radius 1 is 1.13 bits per heavy atom. The number of benzene rings is 2. The minimum Gasteiger partial charge on any atom is -0.489 e. The molecule has 1 heterocycles. The molecule has 0 spiro atoms. The summed E-state index contributed by atoms with van der Waals surface area (Å²) in [7, 11) is 0. The molecular weight excluding hydrogens is 310 g/mol. The fraction of sp³-hybridized carbons (Fsp3) is 0.118. The highest BCUT2D eigenvalue weighted by Gasteiger charge is 2.15. The van der Waals surface area contributed by atoms with Gasteiger partial charge in [0, 0.05) is 0 Å². The molecule has 1 aliphatic rings. The minimum atomic E-state index is -0.0381. The lowest BCUT2D eigenvalue weighted by Gasteiger charge is -2.06. The number of ether oxygens (including phenoxy) is 1. The molecule has 1 saturated heterocycles. The quantitative estimate of drug-likeness (QED) is 0.679. The van der Waals surface area contributed by atoms with Crippen LogP contribution in [0.4, 0.5) is 0 Å². The van der Waals surface area contributed by atoms with Gasteiger partial charge in [-0.3, -0.25) is 4.79 Å². The minimum absolute atomic E-state index is 0.0381. The first kappa shape index (κ1) is 15.3. The molecule has 1 N–H and O–H groups in total. The lowest BCUT2D eigenvalue weighted by atomic mass is 10.2. The Labute approximate surface area is 138 Å². The van der Waals surface area contributed by atoms with Gasteiger partial charge >= 0.3 is 0 Å². The zero-order valence-electron chi connectivity index (χ0n) is 12.3. The average molecular weight is 325 g/mol. The molecule has 0 aromatic heterocycles. The van der Waals surface area contributed by atoms with Crippen molar-refractivity contribution in [2.24, 2.45) is 10.2 Å². The van der Waals surface area contributed by atoms with Gasteiger partial charge in [0.15, 0.2) is 5.17 Å². The van der Waals surface area contributed by atoms with E-state index >= 15 is 0 Å². The molecule has 116 valence electrons. The van der Waals surface area contributed by atoms with E-state index in [9.17, 15) is 4.79 Å². The Bertz CT molecular complexity index is 727. The lowest BCUT2D eigenvalue weighted by Crippen LogP contribution is -2.19. The van der Waals surface area contributed by atoms with Gasteiger partial charge in [-0.05, 0) is 35.4 Å². The number of rotatable bonds is 5. The molecule has 23 heavy (non-hydrogen) atoms. The average Bonchev–Trinajstić information content (AvgIpc) is 3.00. The number of nitrogens with one attached hydrogen (secondary N) is 1. The molecule has 0 atom stereocenters. The third-order valence-electron chi connectivity index (χ3n) is 3.07. The van der Waals surface area contributed by atoms with E-state index in [0.29, 0.717) is 17.5 Å². The van der Waals surface area contributed by atoms with E-state index in [1.54, 1.807) is 6.21 Å². The second-order valence-corrected chi connectivity index (χ2v) is 5.79. The fourth-order valence-corrected chi connectivity index (χ4v) is 2.55. The van der Waals surface area contributed by atoms with E-state index in [1.165, 1.54) is 11.8 Å². The van der Waals surface area contributed by atoms with Gasteiger partial charge in [-0.15, -0.1) is 5.10 Å². The monoisotopic (exact) mass is 325 g/mol. The number of hydrogen-bond acceptors (Lipinski definition) is 5. The van der Waals surface area contributed by atoms with Crippen LogP contribution in [0.5, 0.6) is 5.75 Å². The van der Waals surface area contributed by atoms with Crippen molar-refractivity contribution < 1.29 is 9.53 Å². The molecule has 0 bridgehead atoms. The van der Waals surface area contributed by atoms with Crippen molar-refractivity contribution in [1.82, 2.24) is 5.32 Å². The third-order valence-corrected chi connectivity index (χ3v) is 3.93. The van der Waals surface area contributed by atoms with Crippen molar-refractivity contribution in [3.05, 3.63) is 65.7 Å². The number of nitrogens with zero attached hydrogens (tertiary/aromatic N) is 2. The summed E-state index contributed by atoms with van der Waals surface area (Å²) in [5, 5.41) is 11.1. The fourth-order valence-electron chi connectivity index (χ4n) is 1.92. The van der Waals surface area contributed by atoms with Crippen molar-refractivity contribution in [1.29, 1.82) is 0 Å². The highest BCUT2D eigenvalue weighted by Crippen LogP contribution is 2.14. The Morgan fingerprint density at radius 2 is 1.91 bits per heavy atom. The van der Waals surface area contributed by atoms with Crippen LogP contribution in [0, 0.1) is 0 Å². The van der Waals surface area contributed by atoms with Gasteiger partial charge in [0.25, 0.3) is 0 Å². The predicted molar refractivity (Wildman–Crippen MR) is 92.8 cm³/mol. The summed E-state index contributed by atoms with van der Waals surface area (Å²) >= 11 is 1.35. The van der Waals surface area contributed by atoms with E-state index < -0.39 is 0 Å². The Morgan fingerprint density at radius 3 is 2.61 bits per heavy atom. The maximum absolute atomic E-state index is 11.0. The second kappa shape index (κ2) is 7.60. The molecule has 6 heteroatoms. The second-order valence-electron chi connectivity index (χ2n) is 4.83. The van der Waals surface area contributed by atoms with Crippen LogP contribution >= 0.6 is 11.8 Å². The summed E-state index contributed by atoms with van der Waals surface area (Å²) < 4.78 is 5.72. The van der Waals surface area contributed by atoms with Crippen molar-refractivity contribution in [2.45, 2.75) is 6.61 Å². The third kappa shape index (κ3) is 4.69. The van der Waals surface area contributed by atoms with Crippen LogP contribution in [0.3, 0.4) is 0 Å². The zero-order chi connectivity index (χ0) is 15.9. The highest BCUT2D eigenvalue weighted by molar-refractivity contribution is 8.15. The molecule has 0 aliphatic carbocycles. The van der Waals surface area contributed by atoms with Crippen LogP contribution in [-0.2, 0) is 11.4 Å². The summed E-state index contributed by atoms with van der Waals surface area (Å²) in [6.45, 7) is 0.541. The van der Waals surface area contributed by atoms with Gasteiger partial charge in [-0.1, -0.05) is 42.1 Å². The van der Waals surface area contributed by atoms with Gasteiger partial charge in [-0.2, -0.15) is 5.10 Å². The first-order valence-electron chi connectivity index (χ1n) is 7.10. The number of carbonyl (C=O) groups is 1. The molecule has 1 aliphatic heterocycles. The molecule has 1 amide bonds. The smallest absolute Gasteiger partial charge is 0.236 e.